The molecule has 0 aliphatic heterocycles. The van der Waals surface area contributed by atoms with Gasteiger partial charge in [0.2, 0.25) is 0 Å². The summed E-state index contributed by atoms with van der Waals surface area (Å²) in [5.74, 6) is 0. The Morgan fingerprint density at radius 1 is 1.17 bits per heavy atom. The zero-order chi connectivity index (χ0) is 4.50. The molecule has 0 atom stereocenters. The molecule has 0 aliphatic carbocycles. The molecule has 4 nitrogen and oxygen atoms in total. The van der Waals surface area contributed by atoms with E-state index >= 15 is 0 Å². The van der Waals surface area contributed by atoms with Crippen LogP contribution in [-0.4, -0.2) is 66.5 Å². The molecule has 0 aromatic heterocycles. The maximum Gasteiger partial charge on any atom is 0 e. The third kappa shape index (κ3) is 40.1. The normalized spacial score (nSPS) is 9.67. The average molecular weight is 203 g/mol. The third-order valence-electron chi connectivity index (χ3n) is 0. The molecule has 0 spiro atoms. The van der Waals surface area contributed by atoms with E-state index in [1.54, 1.807) is 0 Å². The van der Waals surface area contributed by atoms with Crippen molar-refractivity contribution in [3.63, 3.8) is 0 Å². The third-order valence-corrected chi connectivity index (χ3v) is 0. The molecular formula is H2CrO4Rb. The van der Waals surface area contributed by atoms with Crippen molar-refractivity contribution in [2.45, 2.75) is 0 Å². The molecule has 0 amide bonds. The summed E-state index contributed by atoms with van der Waals surface area (Å²) in [5.41, 5.74) is 0. The number of rotatable bonds is 0. The van der Waals surface area contributed by atoms with Crippen LogP contribution in [-0.2, 0) is 21.2 Å². The second kappa shape index (κ2) is 3.81. The van der Waals surface area contributed by atoms with E-state index in [4.69, 9.17) is 15.9 Å². The van der Waals surface area contributed by atoms with Crippen LogP contribution in [0.25, 0.3) is 0 Å². The molecule has 0 fully saturated rings. The topological polar surface area (TPSA) is 74.6 Å². The Bertz CT molecular complexity index is 90.7. The van der Waals surface area contributed by atoms with Gasteiger partial charge in [0.15, 0.2) is 0 Å². The van der Waals surface area contributed by atoms with E-state index in [0.29, 0.717) is 0 Å². The summed E-state index contributed by atoms with van der Waals surface area (Å²) in [6, 6.07) is 0. The molecule has 0 bridgehead atoms. The minimum atomic E-state index is -5.25. The Morgan fingerprint density at radius 3 is 1.17 bits per heavy atom. The SMILES string of the molecule is [O]=[Cr](=[O])([OH])[OH].[Rb]. The molecule has 6 heteroatoms. The Kier molecular flexibility index (Phi) is 6.84. The van der Waals surface area contributed by atoms with Crippen LogP contribution in [0.4, 0.5) is 0 Å². The smallest absolute Gasteiger partial charge is 0 e. The van der Waals surface area contributed by atoms with Gasteiger partial charge in [-0.3, -0.25) is 0 Å². The summed E-state index contributed by atoms with van der Waals surface area (Å²) in [6.45, 7) is 0. The van der Waals surface area contributed by atoms with Crippen LogP contribution in [0.15, 0.2) is 0 Å². The van der Waals surface area contributed by atoms with Crippen molar-refractivity contribution in [2.75, 3.05) is 0 Å². The molecule has 0 rings (SSSR count). The minimum Gasteiger partial charge on any atom is 0 e. The summed E-state index contributed by atoms with van der Waals surface area (Å²) in [6.07, 6.45) is 0. The maximum atomic E-state index is 8.82. The summed E-state index contributed by atoms with van der Waals surface area (Å²) >= 11 is -5.25. The first-order chi connectivity index (χ1) is 2.00. The Hall–Kier alpha value is 1.86. The van der Waals surface area contributed by atoms with Gasteiger partial charge in [0, 0.05) is 58.2 Å². The van der Waals surface area contributed by atoms with E-state index < -0.39 is 13.6 Å². The van der Waals surface area contributed by atoms with E-state index in [1.165, 1.54) is 0 Å². The van der Waals surface area contributed by atoms with Crippen molar-refractivity contribution in [3.05, 3.63) is 0 Å². The second-order valence-electron chi connectivity index (χ2n) is 0.448. The largest absolute Gasteiger partial charge is 0 e. The monoisotopic (exact) mass is 203 g/mol. The molecule has 0 heterocycles. The van der Waals surface area contributed by atoms with Gasteiger partial charge in [0.05, 0.1) is 0 Å². The van der Waals surface area contributed by atoms with E-state index in [2.05, 4.69) is 0 Å². The summed E-state index contributed by atoms with van der Waals surface area (Å²) < 4.78 is 31.9. The van der Waals surface area contributed by atoms with Gasteiger partial charge in [0.1, 0.15) is 0 Å². The fourth-order valence-corrected chi connectivity index (χ4v) is 0. The van der Waals surface area contributed by atoms with E-state index in [1.807, 2.05) is 0 Å². The molecule has 0 aromatic carbocycles. The molecular weight excluding hydrogens is 201 g/mol. The molecule has 1 radical (unpaired) electrons. The maximum absolute atomic E-state index is 8.82. The van der Waals surface area contributed by atoms with Gasteiger partial charge in [-0.2, -0.15) is 0 Å². The average Bonchev–Trinajstić information content (AvgIpc) is 0.722. The summed E-state index contributed by atoms with van der Waals surface area (Å²) in [4.78, 5) is 0. The zero-order valence-corrected chi connectivity index (χ0v) is 9.31. The van der Waals surface area contributed by atoms with E-state index in [-0.39, 0.29) is 58.2 Å². The predicted octanol–water partition coefficient (Wildman–Crippen LogP) is -1.73. The van der Waals surface area contributed by atoms with Crippen LogP contribution in [0.2, 0.25) is 0 Å². The van der Waals surface area contributed by atoms with Gasteiger partial charge in [-0.1, -0.05) is 0 Å². The molecule has 0 aromatic rings. The van der Waals surface area contributed by atoms with Crippen molar-refractivity contribution >= 4 is 58.2 Å². The van der Waals surface area contributed by atoms with Crippen LogP contribution in [0, 0.1) is 0 Å². The van der Waals surface area contributed by atoms with Crippen molar-refractivity contribution in [3.8, 4) is 0 Å². The van der Waals surface area contributed by atoms with Crippen molar-refractivity contribution in [2.24, 2.45) is 0 Å². The first-order valence-electron chi connectivity index (χ1n) is 0.698. The molecule has 0 unspecified atom stereocenters. The fourth-order valence-electron chi connectivity index (χ4n) is 0. The summed E-state index contributed by atoms with van der Waals surface area (Å²) in [7, 11) is 0. The Labute approximate surface area is 85.7 Å². The Morgan fingerprint density at radius 2 is 1.17 bits per heavy atom. The number of hydrogen-bond donors (Lipinski definition) is 2. The molecule has 0 saturated carbocycles. The van der Waals surface area contributed by atoms with Crippen LogP contribution in [0.5, 0.6) is 0 Å². The Balaban J connectivity index is 0. The van der Waals surface area contributed by atoms with Gasteiger partial charge in [-0.15, -0.1) is 0 Å². The van der Waals surface area contributed by atoms with Crippen molar-refractivity contribution in [1.82, 2.24) is 0 Å². The number of hydrogen-bond acceptors (Lipinski definition) is 2. The molecule has 0 saturated heterocycles. The van der Waals surface area contributed by atoms with Crippen molar-refractivity contribution in [1.29, 1.82) is 0 Å². The second-order valence-corrected chi connectivity index (χ2v) is 1.85. The van der Waals surface area contributed by atoms with Crippen molar-refractivity contribution < 1.29 is 29.5 Å². The van der Waals surface area contributed by atoms with Gasteiger partial charge in [-0.05, 0) is 0 Å². The fraction of sp³-hybridized carbons (Fsp3) is 0. The van der Waals surface area contributed by atoms with Crippen LogP contribution < -0.4 is 0 Å². The van der Waals surface area contributed by atoms with E-state index in [9.17, 15) is 0 Å². The molecule has 0 aliphatic rings. The first kappa shape index (κ1) is 10.8. The predicted molar refractivity (Wildman–Crippen MR) is 11.6 cm³/mol. The zero-order valence-electron chi connectivity index (χ0n) is 3.12. The minimum absolute atomic E-state index is 0. The first-order valence-corrected chi connectivity index (χ1v) is 2.88. The molecule has 33 valence electrons. The van der Waals surface area contributed by atoms with Gasteiger partial charge < -0.3 is 0 Å². The van der Waals surface area contributed by atoms with Crippen LogP contribution in [0.1, 0.15) is 0 Å². The van der Waals surface area contributed by atoms with Gasteiger partial charge >= 0.3 is 29.5 Å². The van der Waals surface area contributed by atoms with E-state index in [0.717, 1.165) is 0 Å². The molecule has 6 heavy (non-hydrogen) atoms. The van der Waals surface area contributed by atoms with Crippen LogP contribution in [0.3, 0.4) is 0 Å². The standard InChI is InChI=1S/Cr.2H2O.2O.Rb/h;2*1H2;;;/q+2;;;;;/p-2. The van der Waals surface area contributed by atoms with Gasteiger partial charge in [-0.25, -0.2) is 0 Å². The molecule has 2 N–H and O–H groups in total. The van der Waals surface area contributed by atoms with Crippen LogP contribution >= 0.6 is 0 Å². The summed E-state index contributed by atoms with van der Waals surface area (Å²) in [5, 5.41) is 0. The van der Waals surface area contributed by atoms with Gasteiger partial charge in [0.25, 0.3) is 0 Å². The quantitative estimate of drug-likeness (QED) is 0.490.